The van der Waals surface area contributed by atoms with Crippen molar-refractivity contribution in [2.45, 2.75) is 11.8 Å². The summed E-state index contributed by atoms with van der Waals surface area (Å²) < 4.78 is 29.2. The molecule has 0 atom stereocenters. The minimum absolute atomic E-state index is 0.0534. The van der Waals surface area contributed by atoms with Crippen LogP contribution in [0.3, 0.4) is 0 Å². The second kappa shape index (κ2) is 8.81. The highest BCUT2D eigenvalue weighted by Gasteiger charge is 2.16. The van der Waals surface area contributed by atoms with Crippen LogP contribution in [0.1, 0.15) is 17.3 Å². The van der Waals surface area contributed by atoms with Crippen LogP contribution in [0.15, 0.2) is 28.0 Å². The molecule has 1 N–H and O–H groups in total. The van der Waals surface area contributed by atoms with E-state index < -0.39 is 17.2 Å². The van der Waals surface area contributed by atoms with Gasteiger partial charge in [-0.1, -0.05) is 11.8 Å². The molecule has 24 heavy (non-hydrogen) atoms. The third kappa shape index (κ3) is 4.34. The maximum atomic E-state index is 14.2. The number of aromatic amines is 1. The number of halogens is 1. The van der Waals surface area contributed by atoms with Crippen LogP contribution in [0.25, 0.3) is 10.9 Å². The van der Waals surface area contributed by atoms with E-state index >= 15 is 0 Å². The van der Waals surface area contributed by atoms with Crippen LogP contribution < -0.4 is 5.43 Å². The van der Waals surface area contributed by atoms with Gasteiger partial charge < -0.3 is 19.2 Å². The van der Waals surface area contributed by atoms with Crippen molar-refractivity contribution in [3.05, 3.63) is 39.9 Å². The van der Waals surface area contributed by atoms with E-state index in [1.807, 2.05) is 0 Å². The Hall–Kier alpha value is -1.90. The number of aromatic nitrogens is 1. The molecule has 8 heteroatoms. The predicted molar refractivity (Wildman–Crippen MR) is 89.0 cm³/mol. The molecule has 0 saturated heterocycles. The molecule has 1 aromatic carbocycles. The summed E-state index contributed by atoms with van der Waals surface area (Å²) >= 11 is 1.25. The summed E-state index contributed by atoms with van der Waals surface area (Å²) in [5.74, 6) is -1.01. The monoisotopic (exact) mass is 355 g/mol. The molecule has 6 nitrogen and oxygen atoms in total. The van der Waals surface area contributed by atoms with Gasteiger partial charge in [-0.25, -0.2) is 9.18 Å². The maximum absolute atomic E-state index is 14.2. The van der Waals surface area contributed by atoms with Crippen LogP contribution in [0.5, 0.6) is 0 Å². The summed E-state index contributed by atoms with van der Waals surface area (Å²) in [6, 6.07) is 2.84. The van der Waals surface area contributed by atoms with Crippen LogP contribution in [-0.2, 0) is 14.2 Å². The number of methoxy groups -OCH3 is 1. The first kappa shape index (κ1) is 18.4. The van der Waals surface area contributed by atoms with E-state index in [9.17, 15) is 14.0 Å². The smallest absolute Gasteiger partial charge is 0.343 e. The predicted octanol–water partition coefficient (Wildman–Crippen LogP) is 2.56. The lowest BCUT2D eigenvalue weighted by atomic mass is 10.1. The van der Waals surface area contributed by atoms with E-state index in [1.54, 1.807) is 14.0 Å². The molecule has 0 saturated carbocycles. The third-order valence-electron chi connectivity index (χ3n) is 3.15. The molecular formula is C16H18FNO5S. The lowest BCUT2D eigenvalue weighted by Gasteiger charge is -2.07. The van der Waals surface area contributed by atoms with Gasteiger partial charge in [0, 0.05) is 18.2 Å². The molecule has 0 spiro atoms. The Labute approximate surface area is 142 Å². The number of rotatable bonds is 8. The number of thioether (sulfide) groups is 1. The standard InChI is InChI=1S/C16H18FNO5S/c1-3-23-16(20)12-8-18-14-11(15(12)19)6-10(7-13(14)17)24-9-22-5-4-21-2/h6-8H,3-5,9H2,1-2H3,(H,18,19). The summed E-state index contributed by atoms with van der Waals surface area (Å²) in [5, 5.41) is 0.0972. The Bertz CT molecular complexity index is 777. The summed E-state index contributed by atoms with van der Waals surface area (Å²) in [6.07, 6.45) is 1.17. The van der Waals surface area contributed by atoms with Crippen LogP contribution in [0.4, 0.5) is 4.39 Å². The molecule has 0 fully saturated rings. The van der Waals surface area contributed by atoms with Crippen molar-refractivity contribution in [1.29, 1.82) is 0 Å². The first-order valence-corrected chi connectivity index (χ1v) is 8.28. The molecule has 1 aromatic heterocycles. The number of nitrogens with one attached hydrogen (secondary N) is 1. The maximum Gasteiger partial charge on any atom is 0.343 e. The normalized spacial score (nSPS) is 11.0. The molecule has 1 heterocycles. The second-order valence-electron chi connectivity index (χ2n) is 4.74. The SMILES string of the molecule is CCOC(=O)c1c[nH]c2c(F)cc(SCOCCOC)cc2c1=O. The lowest BCUT2D eigenvalue weighted by Crippen LogP contribution is -2.18. The Morgan fingerprint density at radius 1 is 1.33 bits per heavy atom. The van der Waals surface area contributed by atoms with Gasteiger partial charge in [-0.3, -0.25) is 4.79 Å². The van der Waals surface area contributed by atoms with E-state index in [0.29, 0.717) is 24.0 Å². The number of fused-ring (bicyclic) bond motifs is 1. The quantitative estimate of drug-likeness (QED) is 0.339. The van der Waals surface area contributed by atoms with Crippen molar-refractivity contribution < 1.29 is 23.4 Å². The van der Waals surface area contributed by atoms with E-state index in [4.69, 9.17) is 14.2 Å². The van der Waals surface area contributed by atoms with Crippen LogP contribution >= 0.6 is 11.8 Å². The van der Waals surface area contributed by atoms with Gasteiger partial charge >= 0.3 is 5.97 Å². The molecule has 0 radical (unpaired) electrons. The van der Waals surface area contributed by atoms with Crippen molar-refractivity contribution in [1.82, 2.24) is 4.98 Å². The van der Waals surface area contributed by atoms with Gasteiger partial charge in [0.2, 0.25) is 5.43 Å². The van der Waals surface area contributed by atoms with Gasteiger partial charge in [-0.05, 0) is 19.1 Å². The van der Waals surface area contributed by atoms with Crippen molar-refractivity contribution in [2.24, 2.45) is 0 Å². The van der Waals surface area contributed by atoms with Gasteiger partial charge in [-0.2, -0.15) is 0 Å². The summed E-state index contributed by atoms with van der Waals surface area (Å²) in [7, 11) is 1.57. The number of ether oxygens (including phenoxy) is 3. The third-order valence-corrected chi connectivity index (χ3v) is 4.00. The number of carbonyl (C=O) groups excluding carboxylic acids is 1. The van der Waals surface area contributed by atoms with Crippen LogP contribution in [0, 0.1) is 5.82 Å². The fourth-order valence-electron chi connectivity index (χ4n) is 2.02. The van der Waals surface area contributed by atoms with Crippen LogP contribution in [0.2, 0.25) is 0 Å². The zero-order valence-electron chi connectivity index (χ0n) is 13.4. The molecule has 2 aromatic rings. The van der Waals surface area contributed by atoms with Crippen molar-refractivity contribution in [3.8, 4) is 0 Å². The number of carbonyl (C=O) groups is 1. The number of hydrogen-bond donors (Lipinski definition) is 1. The molecule has 0 aliphatic heterocycles. The lowest BCUT2D eigenvalue weighted by molar-refractivity contribution is 0.0524. The van der Waals surface area contributed by atoms with Crippen molar-refractivity contribution >= 4 is 28.6 Å². The zero-order chi connectivity index (χ0) is 17.5. The van der Waals surface area contributed by atoms with E-state index in [0.717, 1.165) is 0 Å². The highest BCUT2D eigenvalue weighted by atomic mass is 32.2. The number of H-pyrrole nitrogens is 1. The Morgan fingerprint density at radius 3 is 2.83 bits per heavy atom. The summed E-state index contributed by atoms with van der Waals surface area (Å²) in [5.41, 5.74) is -0.663. The molecule has 0 amide bonds. The molecule has 130 valence electrons. The Kier molecular flexibility index (Phi) is 6.77. The average molecular weight is 355 g/mol. The van der Waals surface area contributed by atoms with Gasteiger partial charge in [-0.15, -0.1) is 0 Å². The second-order valence-corrected chi connectivity index (χ2v) is 5.74. The van der Waals surface area contributed by atoms with Gasteiger partial charge in [0.05, 0.1) is 36.7 Å². The number of benzene rings is 1. The number of pyridine rings is 1. The van der Waals surface area contributed by atoms with Crippen molar-refractivity contribution in [2.75, 3.05) is 32.9 Å². The van der Waals surface area contributed by atoms with E-state index in [1.165, 1.54) is 30.1 Å². The molecule has 2 rings (SSSR count). The van der Waals surface area contributed by atoms with E-state index in [-0.39, 0.29) is 23.1 Å². The van der Waals surface area contributed by atoms with Crippen LogP contribution in [-0.4, -0.2) is 43.8 Å². The molecule has 0 aliphatic rings. The molecule has 0 unspecified atom stereocenters. The number of esters is 1. The zero-order valence-corrected chi connectivity index (χ0v) is 14.2. The summed E-state index contributed by atoms with van der Waals surface area (Å²) in [6.45, 7) is 2.69. The first-order valence-electron chi connectivity index (χ1n) is 7.30. The molecular weight excluding hydrogens is 337 g/mol. The fraction of sp³-hybridized carbons (Fsp3) is 0.375. The van der Waals surface area contributed by atoms with Gasteiger partial charge in [0.25, 0.3) is 0 Å². The Morgan fingerprint density at radius 2 is 2.12 bits per heavy atom. The van der Waals surface area contributed by atoms with E-state index in [2.05, 4.69) is 4.98 Å². The fourth-order valence-corrected chi connectivity index (χ4v) is 2.74. The van der Waals surface area contributed by atoms with Crippen molar-refractivity contribution in [3.63, 3.8) is 0 Å². The minimum atomic E-state index is -0.734. The summed E-state index contributed by atoms with van der Waals surface area (Å²) in [4.78, 5) is 27.4. The Balaban J connectivity index is 2.28. The molecule has 0 aliphatic carbocycles. The number of hydrogen-bond acceptors (Lipinski definition) is 6. The minimum Gasteiger partial charge on any atom is -0.462 e. The average Bonchev–Trinajstić information content (AvgIpc) is 2.56. The molecule has 0 bridgehead atoms. The first-order chi connectivity index (χ1) is 11.6. The largest absolute Gasteiger partial charge is 0.462 e. The topological polar surface area (TPSA) is 77.6 Å². The highest BCUT2D eigenvalue weighted by molar-refractivity contribution is 7.99. The van der Waals surface area contributed by atoms with Gasteiger partial charge in [0.15, 0.2) is 0 Å². The highest BCUT2D eigenvalue weighted by Crippen LogP contribution is 2.24. The van der Waals surface area contributed by atoms with Gasteiger partial charge in [0.1, 0.15) is 11.4 Å².